The Kier molecular flexibility index (Phi) is 5.47. The van der Waals surface area contributed by atoms with Crippen LogP contribution in [0.15, 0.2) is 24.3 Å². The Morgan fingerprint density at radius 2 is 2.06 bits per heavy atom. The summed E-state index contributed by atoms with van der Waals surface area (Å²) in [6, 6.07) is 6.96. The molecule has 0 saturated heterocycles. The third-order valence-corrected chi connectivity index (χ3v) is 2.87. The van der Waals surface area contributed by atoms with E-state index >= 15 is 0 Å². The molecule has 1 atom stereocenters. The van der Waals surface area contributed by atoms with Crippen molar-refractivity contribution in [2.24, 2.45) is 5.92 Å². The Morgan fingerprint density at radius 3 is 2.62 bits per heavy atom. The molecular weight excluding hydrogens is 201 g/mol. The summed E-state index contributed by atoms with van der Waals surface area (Å²) in [4.78, 5) is 0. The summed E-state index contributed by atoms with van der Waals surface area (Å²) in [5, 5.41) is 3.41. The average Bonchev–Trinajstić information content (AvgIpc) is 2.24. The predicted octanol–water partition coefficient (Wildman–Crippen LogP) is 3.56. The summed E-state index contributed by atoms with van der Waals surface area (Å²) in [5.41, 5.74) is 1.10. The van der Waals surface area contributed by atoms with E-state index in [1.165, 1.54) is 6.07 Å². The van der Waals surface area contributed by atoms with Crippen molar-refractivity contribution >= 4 is 0 Å². The largest absolute Gasteiger partial charge is 0.316 e. The summed E-state index contributed by atoms with van der Waals surface area (Å²) in [6.45, 7) is 8.47. The molecule has 0 fully saturated rings. The van der Waals surface area contributed by atoms with Crippen LogP contribution < -0.4 is 5.32 Å². The van der Waals surface area contributed by atoms with Crippen LogP contribution in [0.25, 0.3) is 0 Å². The van der Waals surface area contributed by atoms with E-state index in [-0.39, 0.29) is 5.82 Å². The van der Waals surface area contributed by atoms with Crippen molar-refractivity contribution in [1.29, 1.82) is 0 Å². The number of rotatable bonds is 6. The lowest BCUT2D eigenvalue weighted by Crippen LogP contribution is -2.25. The summed E-state index contributed by atoms with van der Waals surface area (Å²) in [5.74, 6) is 0.770. The lowest BCUT2D eigenvalue weighted by molar-refractivity contribution is 0.460. The first kappa shape index (κ1) is 13.2. The third kappa shape index (κ3) is 3.93. The van der Waals surface area contributed by atoms with Crippen molar-refractivity contribution in [3.63, 3.8) is 0 Å². The van der Waals surface area contributed by atoms with Gasteiger partial charge < -0.3 is 5.32 Å². The van der Waals surface area contributed by atoms with Gasteiger partial charge in [0, 0.05) is 6.54 Å². The van der Waals surface area contributed by atoms with E-state index in [0.29, 0.717) is 11.8 Å². The molecule has 90 valence electrons. The SMILES string of the molecule is CCCNCC(c1cccc(F)c1)C(C)C. The Bertz CT molecular complexity index is 309. The van der Waals surface area contributed by atoms with Crippen LogP contribution in [0.3, 0.4) is 0 Å². The van der Waals surface area contributed by atoms with Crippen LogP contribution >= 0.6 is 0 Å². The first-order valence-electron chi connectivity index (χ1n) is 6.11. The molecule has 0 bridgehead atoms. The van der Waals surface area contributed by atoms with Gasteiger partial charge in [0.2, 0.25) is 0 Å². The van der Waals surface area contributed by atoms with E-state index in [1.54, 1.807) is 12.1 Å². The van der Waals surface area contributed by atoms with Crippen LogP contribution in [0.4, 0.5) is 4.39 Å². The highest BCUT2D eigenvalue weighted by atomic mass is 19.1. The first-order chi connectivity index (χ1) is 7.65. The molecule has 0 aromatic heterocycles. The van der Waals surface area contributed by atoms with Gasteiger partial charge in [-0.25, -0.2) is 4.39 Å². The molecule has 1 aromatic rings. The zero-order chi connectivity index (χ0) is 12.0. The van der Waals surface area contributed by atoms with Gasteiger partial charge >= 0.3 is 0 Å². The summed E-state index contributed by atoms with van der Waals surface area (Å²) < 4.78 is 13.2. The Balaban J connectivity index is 2.69. The van der Waals surface area contributed by atoms with Gasteiger partial charge in [-0.15, -0.1) is 0 Å². The fourth-order valence-corrected chi connectivity index (χ4v) is 1.91. The van der Waals surface area contributed by atoms with E-state index in [9.17, 15) is 4.39 Å². The van der Waals surface area contributed by atoms with E-state index < -0.39 is 0 Å². The number of nitrogens with one attached hydrogen (secondary N) is 1. The molecule has 0 saturated carbocycles. The topological polar surface area (TPSA) is 12.0 Å². The van der Waals surface area contributed by atoms with E-state index in [1.807, 2.05) is 6.07 Å². The number of benzene rings is 1. The Hall–Kier alpha value is -0.890. The van der Waals surface area contributed by atoms with Crippen LogP contribution in [-0.4, -0.2) is 13.1 Å². The van der Waals surface area contributed by atoms with Gasteiger partial charge in [0.05, 0.1) is 0 Å². The van der Waals surface area contributed by atoms with E-state index in [2.05, 4.69) is 26.1 Å². The molecule has 16 heavy (non-hydrogen) atoms. The Morgan fingerprint density at radius 1 is 1.31 bits per heavy atom. The first-order valence-corrected chi connectivity index (χ1v) is 6.11. The molecule has 1 N–H and O–H groups in total. The summed E-state index contributed by atoms with van der Waals surface area (Å²) in [7, 11) is 0. The minimum Gasteiger partial charge on any atom is -0.316 e. The molecule has 0 radical (unpaired) electrons. The van der Waals surface area contributed by atoms with Crippen LogP contribution in [0.5, 0.6) is 0 Å². The molecule has 0 aliphatic carbocycles. The fourth-order valence-electron chi connectivity index (χ4n) is 1.91. The minimum absolute atomic E-state index is 0.140. The second-order valence-electron chi connectivity index (χ2n) is 4.61. The molecule has 2 heteroatoms. The van der Waals surface area contributed by atoms with E-state index in [4.69, 9.17) is 0 Å². The predicted molar refractivity (Wildman–Crippen MR) is 67.1 cm³/mol. The fraction of sp³-hybridized carbons (Fsp3) is 0.571. The molecule has 0 aliphatic heterocycles. The van der Waals surface area contributed by atoms with Crippen molar-refractivity contribution in [3.05, 3.63) is 35.6 Å². The molecule has 1 rings (SSSR count). The second kappa shape index (κ2) is 6.64. The summed E-state index contributed by atoms with van der Waals surface area (Å²) in [6.07, 6.45) is 1.13. The number of hydrogen-bond acceptors (Lipinski definition) is 1. The van der Waals surface area contributed by atoms with E-state index in [0.717, 1.165) is 25.1 Å². The normalized spacial score (nSPS) is 13.1. The van der Waals surface area contributed by atoms with Gasteiger partial charge in [-0.3, -0.25) is 0 Å². The smallest absolute Gasteiger partial charge is 0.123 e. The lowest BCUT2D eigenvalue weighted by Gasteiger charge is -2.22. The molecule has 0 spiro atoms. The third-order valence-electron chi connectivity index (χ3n) is 2.87. The highest BCUT2D eigenvalue weighted by molar-refractivity contribution is 5.21. The zero-order valence-electron chi connectivity index (χ0n) is 10.5. The maximum atomic E-state index is 13.2. The quantitative estimate of drug-likeness (QED) is 0.727. The van der Waals surface area contributed by atoms with Crippen LogP contribution in [0.1, 0.15) is 38.7 Å². The number of hydrogen-bond donors (Lipinski definition) is 1. The average molecular weight is 223 g/mol. The minimum atomic E-state index is -0.140. The van der Waals surface area contributed by atoms with Crippen LogP contribution in [0, 0.1) is 11.7 Å². The van der Waals surface area contributed by atoms with Gasteiger partial charge in [-0.05, 0) is 42.5 Å². The molecule has 0 amide bonds. The second-order valence-corrected chi connectivity index (χ2v) is 4.61. The number of halogens is 1. The lowest BCUT2D eigenvalue weighted by atomic mass is 9.88. The van der Waals surface area contributed by atoms with Crippen molar-refractivity contribution < 1.29 is 4.39 Å². The van der Waals surface area contributed by atoms with Gasteiger partial charge in [0.1, 0.15) is 5.82 Å². The van der Waals surface area contributed by atoms with Gasteiger partial charge in [0.25, 0.3) is 0 Å². The molecule has 1 nitrogen and oxygen atoms in total. The molecule has 1 aromatic carbocycles. The van der Waals surface area contributed by atoms with Crippen LogP contribution in [0.2, 0.25) is 0 Å². The van der Waals surface area contributed by atoms with Crippen molar-refractivity contribution in [2.45, 2.75) is 33.1 Å². The summed E-state index contributed by atoms with van der Waals surface area (Å²) >= 11 is 0. The maximum absolute atomic E-state index is 13.2. The monoisotopic (exact) mass is 223 g/mol. The van der Waals surface area contributed by atoms with Crippen molar-refractivity contribution in [3.8, 4) is 0 Å². The van der Waals surface area contributed by atoms with Gasteiger partial charge in [-0.1, -0.05) is 32.9 Å². The zero-order valence-corrected chi connectivity index (χ0v) is 10.5. The van der Waals surface area contributed by atoms with Crippen LogP contribution in [-0.2, 0) is 0 Å². The highest BCUT2D eigenvalue weighted by Gasteiger charge is 2.15. The highest BCUT2D eigenvalue weighted by Crippen LogP contribution is 2.24. The standard InChI is InChI=1S/C14H22FN/c1-4-8-16-10-14(11(2)3)12-6-5-7-13(15)9-12/h5-7,9,11,14,16H,4,8,10H2,1-3H3. The van der Waals surface area contributed by atoms with Gasteiger partial charge in [-0.2, -0.15) is 0 Å². The molecule has 0 heterocycles. The maximum Gasteiger partial charge on any atom is 0.123 e. The Labute approximate surface area is 98.1 Å². The van der Waals surface area contributed by atoms with Gasteiger partial charge in [0.15, 0.2) is 0 Å². The molecular formula is C14H22FN. The molecule has 1 unspecified atom stereocenters. The molecule has 0 aliphatic rings. The van der Waals surface area contributed by atoms with Crippen molar-refractivity contribution in [2.75, 3.05) is 13.1 Å². The van der Waals surface area contributed by atoms with Crippen molar-refractivity contribution in [1.82, 2.24) is 5.32 Å².